The van der Waals surface area contributed by atoms with Gasteiger partial charge in [0.15, 0.2) is 11.5 Å². The maximum Gasteiger partial charge on any atom is 0.266 e. The Hall–Kier alpha value is -4.37. The third-order valence-corrected chi connectivity index (χ3v) is 4.76. The van der Waals surface area contributed by atoms with Gasteiger partial charge < -0.3 is 14.8 Å². The van der Waals surface area contributed by atoms with E-state index in [0.717, 1.165) is 11.1 Å². The molecule has 0 saturated heterocycles. The van der Waals surface area contributed by atoms with Crippen LogP contribution in [0.4, 0.5) is 10.1 Å². The molecule has 0 saturated carbocycles. The molecule has 3 rings (SSSR count). The lowest BCUT2D eigenvalue weighted by Crippen LogP contribution is -2.14. The molecule has 0 radical (unpaired) electrons. The van der Waals surface area contributed by atoms with Crippen molar-refractivity contribution in [2.24, 2.45) is 0 Å². The van der Waals surface area contributed by atoms with Gasteiger partial charge in [0.05, 0.1) is 12.8 Å². The molecule has 1 N–H and O–H groups in total. The minimum absolute atomic E-state index is 0.00163. The number of ether oxygens (including phenoxy) is 2. The lowest BCUT2D eigenvalue weighted by atomic mass is 10.0. The van der Waals surface area contributed by atoms with Crippen molar-refractivity contribution in [2.45, 2.75) is 13.0 Å². The monoisotopic (exact) mass is 442 g/mol. The van der Waals surface area contributed by atoms with E-state index in [9.17, 15) is 14.4 Å². The second-order valence-corrected chi connectivity index (χ2v) is 7.08. The van der Waals surface area contributed by atoms with Crippen molar-refractivity contribution in [2.75, 3.05) is 12.4 Å². The normalized spacial score (nSPS) is 10.8. The molecule has 1 amide bonds. The Morgan fingerprint density at radius 1 is 1.15 bits per heavy atom. The third-order valence-electron chi connectivity index (χ3n) is 4.76. The molecule has 0 unspecified atom stereocenters. The van der Waals surface area contributed by atoms with E-state index in [0.29, 0.717) is 30.1 Å². The summed E-state index contributed by atoms with van der Waals surface area (Å²) in [6.07, 6.45) is 3.64. The van der Waals surface area contributed by atoms with E-state index >= 15 is 0 Å². The first-order chi connectivity index (χ1) is 16.0. The van der Waals surface area contributed by atoms with E-state index in [1.165, 1.54) is 31.4 Å². The molecule has 0 aliphatic rings. The Kier molecular flexibility index (Phi) is 7.98. The molecule has 3 aromatic carbocycles. The average Bonchev–Trinajstić information content (AvgIpc) is 2.83. The molecular formula is C27H23FN2O3. The van der Waals surface area contributed by atoms with Crippen LogP contribution in [0, 0.1) is 17.1 Å². The second kappa shape index (κ2) is 11.3. The molecule has 0 atom stereocenters. The van der Waals surface area contributed by atoms with E-state index < -0.39 is 11.7 Å². The maximum absolute atomic E-state index is 13.9. The number of carbonyl (C=O) groups excluding carboxylic acids is 1. The molecule has 5 nitrogen and oxygen atoms in total. The summed E-state index contributed by atoms with van der Waals surface area (Å²) in [5.74, 6) is -0.273. The lowest BCUT2D eigenvalue weighted by molar-refractivity contribution is -0.112. The number of para-hydroxylation sites is 1. The Morgan fingerprint density at radius 2 is 1.88 bits per heavy atom. The van der Waals surface area contributed by atoms with Crippen molar-refractivity contribution in [1.29, 1.82) is 5.26 Å². The van der Waals surface area contributed by atoms with Crippen LogP contribution in [0.1, 0.15) is 16.7 Å². The molecule has 166 valence electrons. The van der Waals surface area contributed by atoms with Crippen molar-refractivity contribution in [3.05, 3.63) is 107 Å². The Balaban J connectivity index is 1.91. The standard InChI is InChI=1S/C27H23FN2O3/c1-3-9-21-14-20(15-22(17-29)27(31)30-24-13-8-7-12-23(24)28)16-25(32-2)26(21)33-18-19-10-5-4-6-11-19/h3-8,10-16H,1,9,18H2,2H3,(H,30,31)/b22-15-. The van der Waals surface area contributed by atoms with Gasteiger partial charge in [0, 0.05) is 5.56 Å². The number of allylic oxidation sites excluding steroid dienone is 1. The van der Waals surface area contributed by atoms with E-state index in [-0.39, 0.29) is 11.3 Å². The van der Waals surface area contributed by atoms with Crippen LogP contribution in [-0.4, -0.2) is 13.0 Å². The highest BCUT2D eigenvalue weighted by molar-refractivity contribution is 6.09. The number of benzene rings is 3. The molecule has 0 heterocycles. The largest absolute Gasteiger partial charge is 0.493 e. The van der Waals surface area contributed by atoms with Crippen molar-refractivity contribution < 1.29 is 18.7 Å². The van der Waals surface area contributed by atoms with Crippen LogP contribution in [0.5, 0.6) is 11.5 Å². The van der Waals surface area contributed by atoms with Crippen LogP contribution in [0.3, 0.4) is 0 Å². The maximum atomic E-state index is 13.9. The average molecular weight is 442 g/mol. The Labute approximate surface area is 192 Å². The summed E-state index contributed by atoms with van der Waals surface area (Å²) >= 11 is 0. The SMILES string of the molecule is C=CCc1cc(/C=C(/C#N)C(=O)Nc2ccccc2F)cc(OC)c1OCc1ccccc1. The first-order valence-corrected chi connectivity index (χ1v) is 10.2. The minimum atomic E-state index is -0.712. The highest BCUT2D eigenvalue weighted by atomic mass is 19.1. The lowest BCUT2D eigenvalue weighted by Gasteiger charge is -2.16. The van der Waals surface area contributed by atoms with Crippen molar-refractivity contribution in [1.82, 2.24) is 0 Å². The molecule has 0 bridgehead atoms. The van der Waals surface area contributed by atoms with Crippen LogP contribution < -0.4 is 14.8 Å². The van der Waals surface area contributed by atoms with Gasteiger partial charge in [0.1, 0.15) is 24.1 Å². The third kappa shape index (κ3) is 6.08. The molecule has 0 spiro atoms. The second-order valence-electron chi connectivity index (χ2n) is 7.08. The molecular weight excluding hydrogens is 419 g/mol. The predicted octanol–water partition coefficient (Wildman–Crippen LogP) is 5.69. The fraction of sp³-hybridized carbons (Fsp3) is 0.111. The zero-order valence-electron chi connectivity index (χ0n) is 18.2. The Morgan fingerprint density at radius 3 is 2.55 bits per heavy atom. The van der Waals surface area contributed by atoms with Gasteiger partial charge in [-0.1, -0.05) is 48.5 Å². The van der Waals surface area contributed by atoms with Crippen LogP contribution in [0.2, 0.25) is 0 Å². The highest BCUT2D eigenvalue weighted by Gasteiger charge is 2.16. The number of amides is 1. The number of hydrogen-bond acceptors (Lipinski definition) is 4. The van der Waals surface area contributed by atoms with Gasteiger partial charge in [0.2, 0.25) is 0 Å². The quantitative estimate of drug-likeness (QED) is 0.263. The van der Waals surface area contributed by atoms with Crippen LogP contribution in [0.25, 0.3) is 6.08 Å². The molecule has 0 aromatic heterocycles. The molecule has 0 aliphatic carbocycles. The van der Waals surface area contributed by atoms with Gasteiger partial charge in [-0.05, 0) is 47.9 Å². The van der Waals surface area contributed by atoms with Crippen molar-refractivity contribution >= 4 is 17.7 Å². The van der Waals surface area contributed by atoms with Crippen molar-refractivity contribution in [3.63, 3.8) is 0 Å². The van der Waals surface area contributed by atoms with Crippen LogP contribution in [0.15, 0.2) is 85.0 Å². The highest BCUT2D eigenvalue weighted by Crippen LogP contribution is 2.35. The van der Waals surface area contributed by atoms with Gasteiger partial charge in [-0.15, -0.1) is 6.58 Å². The number of halogens is 1. The van der Waals surface area contributed by atoms with Crippen molar-refractivity contribution in [3.8, 4) is 17.6 Å². The summed E-state index contributed by atoms with van der Waals surface area (Å²) in [4.78, 5) is 12.6. The van der Waals surface area contributed by atoms with E-state index in [4.69, 9.17) is 9.47 Å². The smallest absolute Gasteiger partial charge is 0.266 e. The number of anilines is 1. The summed E-state index contributed by atoms with van der Waals surface area (Å²) in [5, 5.41) is 11.9. The molecule has 0 aliphatic heterocycles. The fourth-order valence-corrected chi connectivity index (χ4v) is 3.19. The molecule has 6 heteroatoms. The van der Waals surface area contributed by atoms with Crippen LogP contribution >= 0.6 is 0 Å². The number of nitrogens with one attached hydrogen (secondary N) is 1. The van der Waals surface area contributed by atoms with E-state index in [1.54, 1.807) is 24.3 Å². The van der Waals surface area contributed by atoms with Gasteiger partial charge in [-0.25, -0.2) is 4.39 Å². The summed E-state index contributed by atoms with van der Waals surface area (Å²) in [5.41, 5.74) is 2.18. The summed E-state index contributed by atoms with van der Waals surface area (Å²) in [6, 6.07) is 20.8. The fourth-order valence-electron chi connectivity index (χ4n) is 3.19. The summed E-state index contributed by atoms with van der Waals surface area (Å²) < 4.78 is 25.4. The zero-order valence-corrected chi connectivity index (χ0v) is 18.2. The summed E-state index contributed by atoms with van der Waals surface area (Å²) in [7, 11) is 1.52. The predicted molar refractivity (Wildman–Crippen MR) is 126 cm³/mol. The first kappa shape index (κ1) is 23.3. The number of nitriles is 1. The zero-order chi connectivity index (χ0) is 23.6. The summed E-state index contributed by atoms with van der Waals surface area (Å²) in [6.45, 7) is 4.15. The number of methoxy groups -OCH3 is 1. The topological polar surface area (TPSA) is 71.4 Å². The molecule has 0 fully saturated rings. The van der Waals surface area contributed by atoms with Gasteiger partial charge in [-0.3, -0.25) is 4.79 Å². The number of rotatable bonds is 9. The molecule has 3 aromatic rings. The number of hydrogen-bond donors (Lipinski definition) is 1. The van der Waals surface area contributed by atoms with Gasteiger partial charge in [-0.2, -0.15) is 5.26 Å². The number of nitrogens with zero attached hydrogens (tertiary/aromatic N) is 1. The minimum Gasteiger partial charge on any atom is -0.493 e. The molecule has 33 heavy (non-hydrogen) atoms. The van der Waals surface area contributed by atoms with Gasteiger partial charge >= 0.3 is 0 Å². The van der Waals surface area contributed by atoms with Crippen LogP contribution in [-0.2, 0) is 17.8 Å². The van der Waals surface area contributed by atoms with E-state index in [1.807, 2.05) is 36.4 Å². The number of carbonyl (C=O) groups is 1. The van der Waals surface area contributed by atoms with Gasteiger partial charge in [0.25, 0.3) is 5.91 Å². The Bertz CT molecular complexity index is 1210. The first-order valence-electron chi connectivity index (χ1n) is 10.2. The van der Waals surface area contributed by atoms with E-state index in [2.05, 4.69) is 11.9 Å².